The van der Waals surface area contributed by atoms with Crippen LogP contribution in [0.1, 0.15) is 17.3 Å². The lowest BCUT2D eigenvalue weighted by atomic mass is 10.1. The summed E-state index contributed by atoms with van der Waals surface area (Å²) in [6.07, 6.45) is 1.54. The van der Waals surface area contributed by atoms with Crippen LogP contribution in [-0.4, -0.2) is 53.8 Å². The molecule has 1 amide bonds. The molecule has 0 unspecified atom stereocenters. The number of aromatic nitrogens is 2. The zero-order valence-electron chi connectivity index (χ0n) is 16.3. The Morgan fingerprint density at radius 3 is 2.55 bits per heavy atom. The lowest BCUT2D eigenvalue weighted by Crippen LogP contribution is -2.49. The standard InChI is InChI=1S/C22H23FN4O2/c1-2-29-20-6-4-3-5-19(20)26-11-13-27(14-12-26)22(28)18-15-24-25-21(18)16-7-9-17(23)10-8-16/h3-10,15H,2,11-14H2,1H3,(H,24,25). The van der Waals surface area contributed by atoms with Gasteiger partial charge in [-0.05, 0) is 43.3 Å². The van der Waals surface area contributed by atoms with Crippen LogP contribution in [0.15, 0.2) is 54.7 Å². The quantitative estimate of drug-likeness (QED) is 0.719. The summed E-state index contributed by atoms with van der Waals surface area (Å²) in [7, 11) is 0. The topological polar surface area (TPSA) is 61.5 Å². The molecule has 1 fully saturated rings. The molecule has 3 aromatic rings. The summed E-state index contributed by atoms with van der Waals surface area (Å²) in [6.45, 7) is 5.24. The van der Waals surface area contributed by atoms with Gasteiger partial charge in [0.25, 0.3) is 5.91 Å². The first-order chi connectivity index (χ1) is 14.2. The number of amides is 1. The molecular weight excluding hydrogens is 371 g/mol. The second-order valence-electron chi connectivity index (χ2n) is 6.85. The number of anilines is 1. The van der Waals surface area contributed by atoms with Crippen molar-refractivity contribution in [1.82, 2.24) is 15.1 Å². The van der Waals surface area contributed by atoms with Crippen LogP contribution in [0.5, 0.6) is 5.75 Å². The molecule has 1 aromatic heterocycles. The first-order valence-corrected chi connectivity index (χ1v) is 9.72. The van der Waals surface area contributed by atoms with Gasteiger partial charge >= 0.3 is 0 Å². The number of benzene rings is 2. The smallest absolute Gasteiger partial charge is 0.257 e. The van der Waals surface area contributed by atoms with E-state index in [1.54, 1.807) is 12.1 Å². The lowest BCUT2D eigenvalue weighted by molar-refractivity contribution is 0.0747. The minimum Gasteiger partial charge on any atom is -0.492 e. The number of ether oxygens (including phenoxy) is 1. The molecule has 0 radical (unpaired) electrons. The number of carbonyl (C=O) groups excluding carboxylic acids is 1. The van der Waals surface area contributed by atoms with E-state index in [0.717, 1.165) is 30.1 Å². The molecule has 4 rings (SSSR count). The van der Waals surface area contributed by atoms with E-state index in [4.69, 9.17) is 4.74 Å². The number of nitrogens with zero attached hydrogens (tertiary/aromatic N) is 3. The van der Waals surface area contributed by atoms with Crippen LogP contribution >= 0.6 is 0 Å². The molecule has 1 aliphatic heterocycles. The van der Waals surface area contributed by atoms with Crippen molar-refractivity contribution in [3.05, 3.63) is 66.1 Å². The summed E-state index contributed by atoms with van der Waals surface area (Å²) in [5, 5.41) is 6.91. The van der Waals surface area contributed by atoms with Gasteiger partial charge in [-0.1, -0.05) is 12.1 Å². The maximum atomic E-state index is 13.2. The zero-order chi connectivity index (χ0) is 20.2. The molecule has 0 aliphatic carbocycles. The van der Waals surface area contributed by atoms with E-state index in [0.29, 0.717) is 31.0 Å². The van der Waals surface area contributed by atoms with E-state index >= 15 is 0 Å². The van der Waals surface area contributed by atoms with Crippen LogP contribution < -0.4 is 9.64 Å². The average molecular weight is 394 g/mol. The van der Waals surface area contributed by atoms with Crippen molar-refractivity contribution in [3.8, 4) is 17.0 Å². The molecule has 0 atom stereocenters. The highest BCUT2D eigenvalue weighted by Crippen LogP contribution is 2.29. The summed E-state index contributed by atoms with van der Waals surface area (Å²) >= 11 is 0. The fraction of sp³-hybridized carbons (Fsp3) is 0.273. The maximum absolute atomic E-state index is 13.2. The van der Waals surface area contributed by atoms with Crippen LogP contribution in [0.4, 0.5) is 10.1 Å². The first kappa shape index (κ1) is 19.0. The number of carbonyl (C=O) groups is 1. The lowest BCUT2D eigenvalue weighted by Gasteiger charge is -2.36. The molecule has 0 saturated carbocycles. The Hall–Kier alpha value is -3.35. The number of hydrogen-bond acceptors (Lipinski definition) is 4. The summed E-state index contributed by atoms with van der Waals surface area (Å²) in [6, 6.07) is 14.0. The second-order valence-corrected chi connectivity index (χ2v) is 6.85. The fourth-order valence-corrected chi connectivity index (χ4v) is 3.60. The Bertz CT molecular complexity index is 978. The minimum atomic E-state index is -0.315. The van der Waals surface area contributed by atoms with Gasteiger partial charge in [0, 0.05) is 31.7 Å². The van der Waals surface area contributed by atoms with Crippen molar-refractivity contribution in [1.29, 1.82) is 0 Å². The molecule has 29 heavy (non-hydrogen) atoms. The number of rotatable bonds is 5. The summed E-state index contributed by atoms with van der Waals surface area (Å²) < 4.78 is 19.0. The molecule has 7 heteroatoms. The molecule has 0 bridgehead atoms. The van der Waals surface area contributed by atoms with Crippen LogP contribution in [0.2, 0.25) is 0 Å². The number of H-pyrrole nitrogens is 1. The highest BCUT2D eigenvalue weighted by molar-refractivity contribution is 5.99. The van der Waals surface area contributed by atoms with Gasteiger partial charge in [-0.25, -0.2) is 4.39 Å². The number of piperazine rings is 1. The minimum absolute atomic E-state index is 0.0733. The molecule has 0 spiro atoms. The van der Waals surface area contributed by atoms with Crippen molar-refractivity contribution in [2.24, 2.45) is 0 Å². The van der Waals surface area contributed by atoms with Crippen molar-refractivity contribution >= 4 is 11.6 Å². The molecule has 150 valence electrons. The highest BCUT2D eigenvalue weighted by Gasteiger charge is 2.26. The van der Waals surface area contributed by atoms with Gasteiger partial charge in [0.15, 0.2) is 0 Å². The fourth-order valence-electron chi connectivity index (χ4n) is 3.60. The van der Waals surface area contributed by atoms with Gasteiger partial charge in [-0.2, -0.15) is 5.10 Å². The van der Waals surface area contributed by atoms with Gasteiger partial charge < -0.3 is 14.5 Å². The van der Waals surface area contributed by atoms with Gasteiger partial charge in [0.1, 0.15) is 11.6 Å². The Kier molecular flexibility index (Phi) is 5.46. The Labute approximate surface area is 168 Å². The molecule has 2 aromatic carbocycles. The Morgan fingerprint density at radius 2 is 1.83 bits per heavy atom. The van der Waals surface area contributed by atoms with Crippen molar-refractivity contribution in [2.45, 2.75) is 6.92 Å². The van der Waals surface area contributed by atoms with Crippen molar-refractivity contribution in [3.63, 3.8) is 0 Å². The van der Waals surface area contributed by atoms with Crippen LogP contribution in [0, 0.1) is 5.82 Å². The van der Waals surface area contributed by atoms with Crippen LogP contribution in [0.25, 0.3) is 11.3 Å². The van der Waals surface area contributed by atoms with E-state index in [1.165, 1.54) is 18.3 Å². The monoisotopic (exact) mass is 394 g/mol. The second kappa shape index (κ2) is 8.34. The number of hydrogen-bond donors (Lipinski definition) is 1. The first-order valence-electron chi connectivity index (χ1n) is 9.72. The van der Waals surface area contributed by atoms with Gasteiger partial charge in [-0.3, -0.25) is 9.89 Å². The summed E-state index contributed by atoms with van der Waals surface area (Å²) in [4.78, 5) is 17.2. The third-order valence-corrected chi connectivity index (χ3v) is 5.08. The molecule has 6 nitrogen and oxygen atoms in total. The molecule has 2 heterocycles. The summed E-state index contributed by atoms with van der Waals surface area (Å²) in [5.74, 6) is 0.476. The molecule has 1 saturated heterocycles. The van der Waals surface area contributed by atoms with Gasteiger partial charge in [0.05, 0.1) is 29.7 Å². The number of para-hydroxylation sites is 2. The Morgan fingerprint density at radius 1 is 1.10 bits per heavy atom. The SMILES string of the molecule is CCOc1ccccc1N1CCN(C(=O)c2cn[nH]c2-c2ccc(F)cc2)CC1. The van der Waals surface area contributed by atoms with E-state index in [-0.39, 0.29) is 11.7 Å². The Balaban J connectivity index is 1.47. The van der Waals surface area contributed by atoms with Gasteiger partial charge in [-0.15, -0.1) is 0 Å². The van der Waals surface area contributed by atoms with Crippen LogP contribution in [0.3, 0.4) is 0 Å². The third-order valence-electron chi connectivity index (χ3n) is 5.08. The average Bonchev–Trinajstić information content (AvgIpc) is 3.24. The molecular formula is C22H23FN4O2. The maximum Gasteiger partial charge on any atom is 0.257 e. The molecule has 1 aliphatic rings. The number of aromatic amines is 1. The van der Waals surface area contributed by atoms with Crippen molar-refractivity contribution in [2.75, 3.05) is 37.7 Å². The van der Waals surface area contributed by atoms with E-state index < -0.39 is 0 Å². The summed E-state index contributed by atoms with van der Waals surface area (Å²) in [5.41, 5.74) is 2.90. The molecule has 1 N–H and O–H groups in total. The van der Waals surface area contributed by atoms with E-state index in [2.05, 4.69) is 15.1 Å². The predicted octanol–water partition coefficient (Wildman–Crippen LogP) is 3.58. The highest BCUT2D eigenvalue weighted by atomic mass is 19.1. The van der Waals surface area contributed by atoms with E-state index in [9.17, 15) is 9.18 Å². The van der Waals surface area contributed by atoms with E-state index in [1.807, 2.05) is 36.1 Å². The predicted molar refractivity (Wildman–Crippen MR) is 110 cm³/mol. The van der Waals surface area contributed by atoms with Crippen LogP contribution in [-0.2, 0) is 0 Å². The number of halogens is 1. The normalized spacial score (nSPS) is 14.1. The van der Waals surface area contributed by atoms with Gasteiger partial charge in [0.2, 0.25) is 0 Å². The zero-order valence-corrected chi connectivity index (χ0v) is 16.3. The number of nitrogens with one attached hydrogen (secondary N) is 1. The van der Waals surface area contributed by atoms with Crippen molar-refractivity contribution < 1.29 is 13.9 Å². The third kappa shape index (κ3) is 3.94. The largest absolute Gasteiger partial charge is 0.492 e.